The number of benzene rings is 1. The van der Waals surface area contributed by atoms with Crippen LogP contribution < -0.4 is 20.7 Å². The van der Waals surface area contributed by atoms with E-state index >= 15 is 0 Å². The minimum atomic E-state index is -0.513. The molecule has 0 bridgehead atoms. The van der Waals surface area contributed by atoms with Crippen molar-refractivity contribution in [3.05, 3.63) is 29.8 Å². The maximum Gasteiger partial charge on any atom is 0.321 e. The van der Waals surface area contributed by atoms with Gasteiger partial charge in [-0.1, -0.05) is 12.1 Å². The normalized spacial score (nSPS) is 13.2. The Bertz CT molecular complexity index is 459. The van der Waals surface area contributed by atoms with Crippen LogP contribution in [0, 0.1) is 0 Å². The van der Waals surface area contributed by atoms with E-state index in [4.69, 9.17) is 4.74 Å². The molecule has 6 nitrogen and oxygen atoms in total. The monoisotopic (exact) mass is 279 g/mol. The van der Waals surface area contributed by atoms with E-state index in [2.05, 4.69) is 16.0 Å². The number of urea groups is 1. The molecule has 0 aliphatic carbocycles. The number of imide groups is 1. The number of methoxy groups -OCH3 is 1. The first-order valence-electron chi connectivity index (χ1n) is 6.40. The predicted octanol–water partition coefficient (Wildman–Crippen LogP) is 1.19. The molecule has 0 spiro atoms. The van der Waals surface area contributed by atoms with E-state index in [0.717, 1.165) is 11.3 Å². The van der Waals surface area contributed by atoms with Crippen molar-refractivity contribution >= 4 is 11.9 Å². The number of amides is 3. The molecule has 1 aromatic carbocycles. The number of nitrogens with one attached hydrogen (secondary N) is 3. The van der Waals surface area contributed by atoms with Crippen LogP contribution >= 0.6 is 0 Å². The topological polar surface area (TPSA) is 79.5 Å². The van der Waals surface area contributed by atoms with Crippen molar-refractivity contribution in [2.45, 2.75) is 25.9 Å². The fourth-order valence-corrected chi connectivity index (χ4v) is 1.72. The van der Waals surface area contributed by atoms with E-state index in [-0.39, 0.29) is 11.9 Å². The number of carbonyl (C=O) groups is 2. The highest BCUT2D eigenvalue weighted by Gasteiger charge is 2.17. The molecule has 0 aliphatic heterocycles. The molecule has 110 valence electrons. The second kappa shape index (κ2) is 7.49. The van der Waals surface area contributed by atoms with Crippen molar-refractivity contribution in [3.8, 4) is 5.75 Å². The van der Waals surface area contributed by atoms with Gasteiger partial charge in [-0.15, -0.1) is 0 Å². The van der Waals surface area contributed by atoms with Crippen LogP contribution in [0.5, 0.6) is 5.75 Å². The van der Waals surface area contributed by atoms with Gasteiger partial charge >= 0.3 is 6.03 Å². The van der Waals surface area contributed by atoms with Crippen LogP contribution in [0.25, 0.3) is 0 Å². The fraction of sp³-hybridized carbons (Fsp3) is 0.429. The van der Waals surface area contributed by atoms with Crippen molar-refractivity contribution in [2.75, 3.05) is 14.2 Å². The standard InChI is InChI=1S/C14H21N3O3/c1-9(11-5-7-12(20-4)8-6-11)16-10(2)13(18)17-14(19)15-3/h5-10,16H,1-4H3,(H2,15,17,18,19)/t9-,10?/m1/s1. The molecular weight excluding hydrogens is 258 g/mol. The molecule has 6 heteroatoms. The van der Waals surface area contributed by atoms with E-state index in [1.807, 2.05) is 31.2 Å². The number of rotatable bonds is 5. The molecule has 0 fully saturated rings. The van der Waals surface area contributed by atoms with Gasteiger partial charge in [-0.3, -0.25) is 15.4 Å². The summed E-state index contributed by atoms with van der Waals surface area (Å²) in [6.07, 6.45) is 0. The smallest absolute Gasteiger partial charge is 0.321 e. The minimum absolute atomic E-state index is 0.0219. The van der Waals surface area contributed by atoms with Crippen LogP contribution in [-0.2, 0) is 4.79 Å². The lowest BCUT2D eigenvalue weighted by atomic mass is 10.1. The van der Waals surface area contributed by atoms with Crippen LogP contribution in [-0.4, -0.2) is 32.1 Å². The molecule has 0 radical (unpaired) electrons. The molecule has 1 aromatic rings. The molecule has 1 rings (SSSR count). The van der Waals surface area contributed by atoms with Gasteiger partial charge < -0.3 is 10.1 Å². The van der Waals surface area contributed by atoms with Gasteiger partial charge in [0.15, 0.2) is 0 Å². The van der Waals surface area contributed by atoms with Crippen LogP contribution in [0.3, 0.4) is 0 Å². The summed E-state index contributed by atoms with van der Waals surface area (Å²) in [6.45, 7) is 3.66. The lowest BCUT2D eigenvalue weighted by Crippen LogP contribution is -2.47. The Morgan fingerprint density at radius 3 is 2.25 bits per heavy atom. The largest absolute Gasteiger partial charge is 0.497 e. The summed E-state index contributed by atoms with van der Waals surface area (Å²) in [5.74, 6) is 0.413. The molecule has 3 amide bonds. The molecule has 3 N–H and O–H groups in total. The van der Waals surface area contributed by atoms with E-state index in [9.17, 15) is 9.59 Å². The van der Waals surface area contributed by atoms with E-state index in [1.54, 1.807) is 14.0 Å². The van der Waals surface area contributed by atoms with Crippen molar-refractivity contribution in [2.24, 2.45) is 0 Å². The van der Waals surface area contributed by atoms with Gasteiger partial charge in [0.25, 0.3) is 0 Å². The molecule has 1 unspecified atom stereocenters. The highest BCUT2D eigenvalue weighted by Crippen LogP contribution is 2.17. The van der Waals surface area contributed by atoms with Gasteiger partial charge in [0.2, 0.25) is 5.91 Å². The van der Waals surface area contributed by atoms with Gasteiger partial charge in [-0.2, -0.15) is 0 Å². The molecule has 0 aromatic heterocycles. The van der Waals surface area contributed by atoms with Crippen LogP contribution in [0.1, 0.15) is 25.5 Å². The Labute approximate surface area is 118 Å². The number of ether oxygens (including phenoxy) is 1. The molecule has 0 saturated heterocycles. The first kappa shape index (κ1) is 16.0. The first-order valence-corrected chi connectivity index (χ1v) is 6.40. The summed E-state index contributed by atoms with van der Waals surface area (Å²) in [6, 6.07) is 6.57. The van der Waals surface area contributed by atoms with Gasteiger partial charge in [0.05, 0.1) is 13.2 Å². The molecular formula is C14H21N3O3. The molecule has 2 atom stereocenters. The molecule has 0 heterocycles. The van der Waals surface area contributed by atoms with Crippen molar-refractivity contribution in [1.29, 1.82) is 0 Å². The van der Waals surface area contributed by atoms with Crippen molar-refractivity contribution < 1.29 is 14.3 Å². The third-order valence-electron chi connectivity index (χ3n) is 2.97. The summed E-state index contributed by atoms with van der Waals surface area (Å²) in [4.78, 5) is 22.8. The van der Waals surface area contributed by atoms with Crippen LogP contribution in [0.15, 0.2) is 24.3 Å². The molecule has 20 heavy (non-hydrogen) atoms. The summed E-state index contributed by atoms with van der Waals surface area (Å²) in [7, 11) is 3.07. The van der Waals surface area contributed by atoms with E-state index in [0.29, 0.717) is 0 Å². The molecule has 0 saturated carbocycles. The predicted molar refractivity (Wildman–Crippen MR) is 76.6 cm³/mol. The van der Waals surface area contributed by atoms with E-state index in [1.165, 1.54) is 7.05 Å². The average Bonchev–Trinajstić information content (AvgIpc) is 2.46. The van der Waals surface area contributed by atoms with Crippen molar-refractivity contribution in [3.63, 3.8) is 0 Å². The lowest BCUT2D eigenvalue weighted by Gasteiger charge is -2.19. The zero-order valence-electron chi connectivity index (χ0n) is 12.2. The van der Waals surface area contributed by atoms with E-state index < -0.39 is 12.1 Å². The third-order valence-corrected chi connectivity index (χ3v) is 2.97. The maximum atomic E-state index is 11.7. The van der Waals surface area contributed by atoms with Crippen LogP contribution in [0.2, 0.25) is 0 Å². The highest BCUT2D eigenvalue weighted by molar-refractivity contribution is 5.96. The maximum absolute atomic E-state index is 11.7. The Kier molecular flexibility index (Phi) is 5.99. The summed E-state index contributed by atoms with van der Waals surface area (Å²) in [5, 5.41) is 7.70. The Hall–Kier alpha value is -2.08. The van der Waals surface area contributed by atoms with Gasteiger partial charge in [0, 0.05) is 13.1 Å². The summed E-state index contributed by atoms with van der Waals surface area (Å²) < 4.78 is 5.10. The van der Waals surface area contributed by atoms with Gasteiger partial charge in [-0.05, 0) is 31.5 Å². The molecule has 0 aliphatic rings. The Balaban J connectivity index is 2.57. The number of carbonyl (C=O) groups excluding carboxylic acids is 2. The first-order chi connectivity index (χ1) is 9.47. The SMILES string of the molecule is CNC(=O)NC(=O)C(C)N[C@H](C)c1ccc(OC)cc1. The zero-order valence-corrected chi connectivity index (χ0v) is 12.2. The summed E-state index contributed by atoms with van der Waals surface area (Å²) in [5.41, 5.74) is 1.03. The number of hydrogen-bond acceptors (Lipinski definition) is 4. The highest BCUT2D eigenvalue weighted by atomic mass is 16.5. The Morgan fingerprint density at radius 1 is 1.15 bits per heavy atom. The van der Waals surface area contributed by atoms with Gasteiger partial charge in [0.1, 0.15) is 5.75 Å². The van der Waals surface area contributed by atoms with Crippen LogP contribution in [0.4, 0.5) is 4.79 Å². The summed E-state index contributed by atoms with van der Waals surface area (Å²) >= 11 is 0. The van der Waals surface area contributed by atoms with Gasteiger partial charge in [-0.25, -0.2) is 4.79 Å². The minimum Gasteiger partial charge on any atom is -0.497 e. The Morgan fingerprint density at radius 2 is 1.75 bits per heavy atom. The quantitative estimate of drug-likeness (QED) is 0.756. The number of hydrogen-bond donors (Lipinski definition) is 3. The average molecular weight is 279 g/mol. The third kappa shape index (κ3) is 4.55. The lowest BCUT2D eigenvalue weighted by molar-refractivity contribution is -0.121. The second-order valence-corrected chi connectivity index (χ2v) is 4.45. The van der Waals surface area contributed by atoms with Crippen molar-refractivity contribution in [1.82, 2.24) is 16.0 Å². The second-order valence-electron chi connectivity index (χ2n) is 4.45. The zero-order chi connectivity index (χ0) is 15.1. The fourth-order valence-electron chi connectivity index (χ4n) is 1.72.